The van der Waals surface area contributed by atoms with Crippen LogP contribution in [0, 0.1) is 11.7 Å². The zero-order valence-corrected chi connectivity index (χ0v) is 14.5. The molecule has 0 radical (unpaired) electrons. The molecule has 1 aliphatic rings. The highest BCUT2D eigenvalue weighted by molar-refractivity contribution is 5.85. The van der Waals surface area contributed by atoms with Gasteiger partial charge < -0.3 is 15.5 Å². The van der Waals surface area contributed by atoms with E-state index in [9.17, 15) is 9.18 Å². The summed E-state index contributed by atoms with van der Waals surface area (Å²) < 4.78 is 13.6. The van der Waals surface area contributed by atoms with Crippen molar-refractivity contribution in [2.75, 3.05) is 39.3 Å². The van der Waals surface area contributed by atoms with Gasteiger partial charge in [0, 0.05) is 38.6 Å². The summed E-state index contributed by atoms with van der Waals surface area (Å²) in [7, 11) is 0. The van der Waals surface area contributed by atoms with Gasteiger partial charge in [0.05, 0.1) is 0 Å². The summed E-state index contributed by atoms with van der Waals surface area (Å²) in [5, 5.41) is 6.28. The van der Waals surface area contributed by atoms with E-state index < -0.39 is 0 Å². The van der Waals surface area contributed by atoms with Crippen LogP contribution in [-0.4, -0.2) is 50.1 Å². The molecule has 0 saturated carbocycles. The fraction of sp³-hybridized carbons (Fsp3) is 0.588. The topological polar surface area (TPSA) is 44.4 Å². The summed E-state index contributed by atoms with van der Waals surface area (Å²) in [5.74, 6) is -0.444. The number of hydrogen-bond acceptors (Lipinski definition) is 3. The summed E-state index contributed by atoms with van der Waals surface area (Å²) in [6.07, 6.45) is 1.40. The fourth-order valence-electron chi connectivity index (χ4n) is 2.71. The van der Waals surface area contributed by atoms with Gasteiger partial charge in [-0.2, -0.15) is 0 Å². The van der Waals surface area contributed by atoms with E-state index >= 15 is 0 Å². The van der Waals surface area contributed by atoms with Crippen molar-refractivity contribution in [2.24, 2.45) is 5.92 Å². The first-order chi connectivity index (χ1) is 10.7. The van der Waals surface area contributed by atoms with Crippen LogP contribution < -0.4 is 10.6 Å². The van der Waals surface area contributed by atoms with Crippen molar-refractivity contribution in [3.63, 3.8) is 0 Å². The molecule has 23 heavy (non-hydrogen) atoms. The summed E-state index contributed by atoms with van der Waals surface area (Å²) in [5.41, 5.74) is 0.603. The molecule has 6 heteroatoms. The number of nitrogens with one attached hydrogen (secondary N) is 2. The average Bonchev–Trinajstić information content (AvgIpc) is 2.54. The second kappa shape index (κ2) is 10.6. The quantitative estimate of drug-likeness (QED) is 0.742. The van der Waals surface area contributed by atoms with Crippen LogP contribution in [0.15, 0.2) is 24.3 Å². The van der Waals surface area contributed by atoms with Crippen LogP contribution in [0.25, 0.3) is 0 Å². The molecule has 0 aliphatic carbocycles. The number of carbonyl (C=O) groups is 1. The third-order valence-electron chi connectivity index (χ3n) is 4.09. The molecule has 1 heterocycles. The van der Waals surface area contributed by atoms with Gasteiger partial charge in [-0.3, -0.25) is 4.79 Å². The number of rotatable bonds is 7. The maximum absolute atomic E-state index is 13.6. The molecular formula is C17H27ClFN3O. The molecule has 1 unspecified atom stereocenters. The van der Waals surface area contributed by atoms with E-state index in [0.717, 1.165) is 39.1 Å². The van der Waals surface area contributed by atoms with E-state index in [1.165, 1.54) is 6.07 Å². The fourth-order valence-corrected chi connectivity index (χ4v) is 2.71. The molecule has 1 atom stereocenters. The Kier molecular flexibility index (Phi) is 9.14. The van der Waals surface area contributed by atoms with Crippen molar-refractivity contribution in [1.82, 2.24) is 15.5 Å². The number of nitrogens with zero attached hydrogens (tertiary/aromatic N) is 1. The van der Waals surface area contributed by atoms with Gasteiger partial charge >= 0.3 is 0 Å². The highest BCUT2D eigenvalue weighted by Crippen LogP contribution is 2.12. The molecule has 1 amide bonds. The van der Waals surface area contributed by atoms with Gasteiger partial charge in [-0.05, 0) is 31.0 Å². The molecule has 2 rings (SSSR count). The van der Waals surface area contributed by atoms with Crippen LogP contribution in [0.4, 0.5) is 4.39 Å². The Bertz CT molecular complexity index is 481. The zero-order valence-electron chi connectivity index (χ0n) is 13.7. The minimum atomic E-state index is -0.235. The van der Waals surface area contributed by atoms with Gasteiger partial charge in [-0.15, -0.1) is 12.4 Å². The minimum absolute atomic E-state index is 0. The van der Waals surface area contributed by atoms with E-state index in [1.54, 1.807) is 18.2 Å². The summed E-state index contributed by atoms with van der Waals surface area (Å²) >= 11 is 0. The second-order valence-electron chi connectivity index (χ2n) is 5.93. The van der Waals surface area contributed by atoms with E-state index in [0.29, 0.717) is 18.5 Å². The summed E-state index contributed by atoms with van der Waals surface area (Å²) in [6.45, 7) is 7.80. The Morgan fingerprint density at radius 3 is 2.74 bits per heavy atom. The minimum Gasteiger partial charge on any atom is -0.356 e. The zero-order chi connectivity index (χ0) is 15.8. The lowest BCUT2D eigenvalue weighted by molar-refractivity contribution is -0.124. The molecule has 0 bridgehead atoms. The van der Waals surface area contributed by atoms with Gasteiger partial charge in [0.2, 0.25) is 5.91 Å². The smallest absolute Gasteiger partial charge is 0.223 e. The molecule has 130 valence electrons. The molecule has 0 spiro atoms. The van der Waals surface area contributed by atoms with Crippen LogP contribution in [0.2, 0.25) is 0 Å². The molecule has 2 N–H and O–H groups in total. The van der Waals surface area contributed by atoms with Gasteiger partial charge in [0.1, 0.15) is 5.82 Å². The lowest BCUT2D eigenvalue weighted by Crippen LogP contribution is -2.44. The Morgan fingerprint density at radius 1 is 1.35 bits per heavy atom. The van der Waals surface area contributed by atoms with Crippen molar-refractivity contribution in [2.45, 2.75) is 19.8 Å². The van der Waals surface area contributed by atoms with Crippen molar-refractivity contribution in [3.05, 3.63) is 35.6 Å². The highest BCUT2D eigenvalue weighted by Gasteiger charge is 2.15. The summed E-state index contributed by atoms with van der Waals surface area (Å²) in [6, 6.07) is 6.65. The third kappa shape index (κ3) is 6.85. The van der Waals surface area contributed by atoms with Gasteiger partial charge in [0.25, 0.3) is 0 Å². The van der Waals surface area contributed by atoms with Crippen molar-refractivity contribution in [1.29, 1.82) is 0 Å². The Balaban J connectivity index is 0.00000264. The van der Waals surface area contributed by atoms with E-state index in [-0.39, 0.29) is 30.0 Å². The van der Waals surface area contributed by atoms with Crippen molar-refractivity contribution >= 4 is 18.3 Å². The van der Waals surface area contributed by atoms with Crippen LogP contribution in [-0.2, 0) is 11.2 Å². The monoisotopic (exact) mass is 343 g/mol. The normalized spacial score (nSPS) is 16.4. The summed E-state index contributed by atoms with van der Waals surface area (Å²) in [4.78, 5) is 14.5. The molecule has 1 saturated heterocycles. The first-order valence-electron chi connectivity index (χ1n) is 8.11. The predicted octanol–water partition coefficient (Wildman–Crippen LogP) is 1.84. The van der Waals surface area contributed by atoms with Gasteiger partial charge in [-0.25, -0.2) is 4.39 Å². The maximum atomic E-state index is 13.6. The predicted molar refractivity (Wildman–Crippen MR) is 93.5 cm³/mol. The van der Waals surface area contributed by atoms with Crippen molar-refractivity contribution in [3.8, 4) is 0 Å². The average molecular weight is 344 g/mol. The Hall–Kier alpha value is -1.17. The first-order valence-corrected chi connectivity index (χ1v) is 8.11. The lowest BCUT2D eigenvalue weighted by atomic mass is 10.00. The number of carbonyl (C=O) groups excluding carboxylic acids is 1. The SMILES string of the molecule is CC(Cc1ccccc1F)C(=O)NCCCN1CCNCC1.Cl. The largest absolute Gasteiger partial charge is 0.356 e. The number of halogens is 2. The third-order valence-corrected chi connectivity index (χ3v) is 4.09. The van der Waals surface area contributed by atoms with Crippen LogP contribution in [0.3, 0.4) is 0 Å². The van der Waals surface area contributed by atoms with Crippen LogP contribution >= 0.6 is 12.4 Å². The molecule has 1 aliphatic heterocycles. The van der Waals surface area contributed by atoms with Gasteiger partial charge in [0.15, 0.2) is 0 Å². The van der Waals surface area contributed by atoms with E-state index in [1.807, 2.05) is 6.92 Å². The molecule has 1 fully saturated rings. The van der Waals surface area contributed by atoms with Crippen LogP contribution in [0.1, 0.15) is 18.9 Å². The molecule has 4 nitrogen and oxygen atoms in total. The second-order valence-corrected chi connectivity index (χ2v) is 5.93. The van der Waals surface area contributed by atoms with E-state index in [2.05, 4.69) is 15.5 Å². The number of amides is 1. The van der Waals surface area contributed by atoms with Gasteiger partial charge in [-0.1, -0.05) is 25.1 Å². The highest BCUT2D eigenvalue weighted by atomic mass is 35.5. The number of hydrogen-bond donors (Lipinski definition) is 2. The standard InChI is InChI=1S/C17H26FN3O.ClH/c1-14(13-15-5-2-3-6-16(15)18)17(22)20-7-4-10-21-11-8-19-9-12-21;/h2-3,5-6,14,19H,4,7-13H2,1H3,(H,20,22);1H. The first kappa shape index (κ1) is 19.9. The van der Waals surface area contributed by atoms with E-state index in [4.69, 9.17) is 0 Å². The maximum Gasteiger partial charge on any atom is 0.223 e. The molecule has 0 aromatic heterocycles. The molecule has 1 aromatic rings. The van der Waals surface area contributed by atoms with Crippen molar-refractivity contribution < 1.29 is 9.18 Å². The molecule has 1 aromatic carbocycles. The van der Waals surface area contributed by atoms with Crippen LogP contribution in [0.5, 0.6) is 0 Å². The Labute approximate surface area is 144 Å². The lowest BCUT2D eigenvalue weighted by Gasteiger charge is -2.27. The number of benzene rings is 1. The Morgan fingerprint density at radius 2 is 2.04 bits per heavy atom. The number of piperazine rings is 1. The molecular weight excluding hydrogens is 317 g/mol.